The van der Waals surface area contributed by atoms with E-state index in [1.807, 2.05) is 13.8 Å². The number of hydrogen-bond donors (Lipinski definition) is 3. The summed E-state index contributed by atoms with van der Waals surface area (Å²) in [6.45, 7) is 7.99. The molecule has 12 amide bonds. The first-order chi connectivity index (χ1) is 52.0. The number of nitrogens with zero attached hydrogens (tertiary/aromatic N) is 9. The lowest BCUT2D eigenvalue weighted by atomic mass is 9.58. The standard InChI is InChI=1S/C78H118F8N12O13/c1-15-24-55-66(102)88-64(46(5)17-3)72(108)96(34-16-2)43-62(101)93(12)56-27-20-19-23-35-97(71(56)107)59(38-47-28-31-50(32-29-47)77(81,82)83)70(106)91(10)42-60(99)87-54(33-30-48-36-52(79)63(53(80)37-48)78(84,85)86)68(104)98-41-51(111-18-4)39-57(98)67(103)89-76(44-75(6,7)45-76)74(110)95(14)65(49-25-21-22-26-49)73(109)94(13)58(69(105)90(8)9)40-61(100)92(55)11/h2,19-20,46-59,63-65H,15,17-18,21-45H2,1,3-14H3,(H,87,99)(H,88,102)(H,89,103)/b20-19-/t46-,47?,48?,50?,51+,52?,53?,54-,55-,56-,57-,58-,59-,63?,64-,65-/m0/s1. The van der Waals surface area contributed by atoms with Crippen molar-refractivity contribution in [3.05, 3.63) is 12.2 Å². The Bertz CT molecular complexity index is 3390. The minimum Gasteiger partial charge on any atom is -0.377 e. The van der Waals surface area contributed by atoms with E-state index >= 15 is 42.3 Å². The van der Waals surface area contributed by atoms with Crippen LogP contribution in [0.3, 0.4) is 0 Å². The fourth-order valence-electron chi connectivity index (χ4n) is 18.0. The van der Waals surface area contributed by atoms with Crippen molar-refractivity contribution in [2.24, 2.45) is 40.9 Å². The van der Waals surface area contributed by atoms with Gasteiger partial charge < -0.3 is 64.8 Å². The van der Waals surface area contributed by atoms with Gasteiger partial charge >= 0.3 is 12.4 Å². The summed E-state index contributed by atoms with van der Waals surface area (Å²) in [7, 11) is 9.46. The number of amides is 12. The lowest BCUT2D eigenvalue weighted by molar-refractivity contribution is -0.219. The van der Waals surface area contributed by atoms with Crippen LogP contribution in [0.15, 0.2) is 12.2 Å². The zero-order valence-electron chi connectivity index (χ0n) is 66.7. The molecule has 12 atom stereocenters. The van der Waals surface area contributed by atoms with Crippen LogP contribution in [0.2, 0.25) is 0 Å². The van der Waals surface area contributed by atoms with Crippen molar-refractivity contribution in [3.63, 3.8) is 0 Å². The summed E-state index contributed by atoms with van der Waals surface area (Å²) >= 11 is 0. The summed E-state index contributed by atoms with van der Waals surface area (Å²) < 4.78 is 122. The molecule has 4 aliphatic carbocycles. The van der Waals surface area contributed by atoms with Crippen LogP contribution in [0.4, 0.5) is 35.1 Å². The van der Waals surface area contributed by atoms with Gasteiger partial charge in [0.25, 0.3) is 0 Å². The fourth-order valence-corrected chi connectivity index (χ4v) is 18.0. The summed E-state index contributed by atoms with van der Waals surface area (Å²) in [6.07, 6.45) is -7.99. The molecule has 25 nitrogen and oxygen atoms in total. The molecule has 2 saturated heterocycles. The minimum absolute atomic E-state index is 0.00331. The van der Waals surface area contributed by atoms with Gasteiger partial charge in [-0.05, 0) is 139 Å². The fraction of sp³-hybridized carbons (Fsp3) is 0.795. The highest BCUT2D eigenvalue weighted by molar-refractivity contribution is 6.01. The maximum atomic E-state index is 15.8. The van der Waals surface area contributed by atoms with Crippen molar-refractivity contribution in [1.29, 1.82) is 0 Å². The Hall–Kier alpha value is -7.66. The second-order valence-electron chi connectivity index (χ2n) is 33.2. The van der Waals surface area contributed by atoms with Crippen LogP contribution in [-0.4, -0.2) is 288 Å². The number of carbonyl (C=O) groups is 12. The molecule has 7 rings (SSSR count). The van der Waals surface area contributed by atoms with E-state index in [9.17, 15) is 50.3 Å². The third-order valence-electron chi connectivity index (χ3n) is 24.3. The van der Waals surface area contributed by atoms with Crippen LogP contribution in [0.5, 0.6) is 0 Å². The molecular formula is C78H118F8N12O13. The molecular weight excluding hydrogens is 1460 g/mol. The van der Waals surface area contributed by atoms with Crippen molar-refractivity contribution < 1.29 is 97.4 Å². The largest absolute Gasteiger partial charge is 0.397 e. The third kappa shape index (κ3) is 22.0. The first kappa shape index (κ1) is 90.5. The van der Waals surface area contributed by atoms with Gasteiger partial charge in [-0.2, -0.15) is 26.3 Å². The number of alkyl halides is 8. The molecule has 1 spiro atoms. The zero-order chi connectivity index (χ0) is 82.7. The molecule has 3 N–H and O–H groups in total. The van der Waals surface area contributed by atoms with E-state index in [1.165, 1.54) is 64.0 Å². The molecule has 33 heteroatoms. The van der Waals surface area contributed by atoms with Crippen molar-refractivity contribution in [1.82, 2.24) is 60.0 Å². The second kappa shape index (κ2) is 38.4. The number of halogens is 8. The molecule has 3 aliphatic heterocycles. The quantitative estimate of drug-likeness (QED) is 0.0924. The summed E-state index contributed by atoms with van der Waals surface area (Å²) in [5.41, 5.74) is -2.38. The number of likely N-dealkylation sites (N-methyl/N-ethyl adjacent to an activating group) is 6. The molecule has 624 valence electrons. The van der Waals surface area contributed by atoms with Gasteiger partial charge in [-0.15, -0.1) is 6.42 Å². The Labute approximate surface area is 647 Å². The van der Waals surface area contributed by atoms with Crippen LogP contribution < -0.4 is 16.0 Å². The van der Waals surface area contributed by atoms with Gasteiger partial charge in [-0.25, -0.2) is 8.78 Å². The van der Waals surface area contributed by atoms with Crippen LogP contribution in [0.1, 0.15) is 183 Å². The summed E-state index contributed by atoms with van der Waals surface area (Å²) in [5.74, 6) is -14.9. The average Bonchev–Trinajstić information content (AvgIpc) is 1.44. The van der Waals surface area contributed by atoms with E-state index in [1.54, 1.807) is 39.8 Å². The molecule has 2 bridgehead atoms. The molecule has 4 saturated carbocycles. The molecule has 0 aromatic heterocycles. The molecule has 3 heterocycles. The topological polar surface area (TPSA) is 279 Å². The average molecular weight is 1580 g/mol. The maximum absolute atomic E-state index is 15.8. The van der Waals surface area contributed by atoms with E-state index < -0.39 is 242 Å². The van der Waals surface area contributed by atoms with Gasteiger partial charge in [-0.3, -0.25) is 57.5 Å². The monoisotopic (exact) mass is 1580 g/mol. The highest BCUT2D eigenvalue weighted by atomic mass is 19.4. The van der Waals surface area contributed by atoms with Gasteiger partial charge in [0.2, 0.25) is 70.9 Å². The number of terminal acetylenes is 1. The first-order valence-corrected chi connectivity index (χ1v) is 39.4. The van der Waals surface area contributed by atoms with Crippen molar-refractivity contribution in [2.75, 3.05) is 88.7 Å². The number of rotatable bonds is 14. The lowest BCUT2D eigenvalue weighted by Gasteiger charge is -2.54. The molecule has 0 radical (unpaired) electrons. The Morgan fingerprint density at radius 1 is 0.685 bits per heavy atom. The number of ether oxygens (including phenoxy) is 1. The zero-order valence-corrected chi connectivity index (χ0v) is 66.7. The molecule has 111 heavy (non-hydrogen) atoms. The van der Waals surface area contributed by atoms with E-state index in [2.05, 4.69) is 21.9 Å². The Balaban J connectivity index is 1.35. The molecule has 0 aromatic carbocycles. The van der Waals surface area contributed by atoms with Crippen molar-refractivity contribution in [3.8, 4) is 12.3 Å². The Morgan fingerprint density at radius 3 is 1.87 bits per heavy atom. The molecule has 7 aliphatic rings. The molecule has 6 fully saturated rings. The number of fused-ring (bicyclic) bond motifs is 3. The Kier molecular flexibility index (Phi) is 31.4. The van der Waals surface area contributed by atoms with Gasteiger partial charge in [0, 0.05) is 75.5 Å². The predicted octanol–water partition coefficient (Wildman–Crippen LogP) is 6.74. The van der Waals surface area contributed by atoms with Crippen LogP contribution in [-0.2, 0) is 62.3 Å². The normalized spacial score (nSPS) is 31.8. The van der Waals surface area contributed by atoms with Crippen LogP contribution >= 0.6 is 0 Å². The SMILES string of the molecule is C#CCN1CC(=O)N(C)[C@H]2C/C=C\CCN(C2=O)[C@@H](CC2CCC(C(F)(F)F)CC2)C(=O)N(C)CC(=O)N[C@@H](CCC2CC(F)C(C(F)(F)F)C(F)C2)C(=O)N2C[C@H](OCC)C[C@H]2C(=O)NC2(CC(C)(C)C2)C(=O)N(C)[C@@H](C2CCCC2)C(=O)N(C)[C@H](C(=O)N(C)C)CC(=O)N(C)[C@@H](CCC)C(=O)N[C@@H]([C@@H](C)CC)C1=O. The van der Waals surface area contributed by atoms with Crippen LogP contribution in [0, 0.1) is 53.3 Å². The van der Waals surface area contributed by atoms with Crippen molar-refractivity contribution in [2.45, 2.75) is 267 Å². The lowest BCUT2D eigenvalue weighted by Crippen LogP contribution is -2.71. The Morgan fingerprint density at radius 2 is 1.32 bits per heavy atom. The smallest absolute Gasteiger partial charge is 0.377 e. The van der Waals surface area contributed by atoms with E-state index in [-0.39, 0.29) is 103 Å². The first-order valence-electron chi connectivity index (χ1n) is 39.4. The summed E-state index contributed by atoms with van der Waals surface area (Å²) in [6, 6.07) is -11.7. The number of nitrogens with one attached hydrogen (secondary N) is 3. The number of carbonyl (C=O) groups excluding carboxylic acids is 12. The molecule has 0 aromatic rings. The highest BCUT2D eigenvalue weighted by Crippen LogP contribution is 2.50. The number of hydrogen-bond acceptors (Lipinski definition) is 13. The highest BCUT2D eigenvalue weighted by Gasteiger charge is 2.60. The van der Waals surface area contributed by atoms with E-state index in [0.717, 1.165) is 29.4 Å². The summed E-state index contributed by atoms with van der Waals surface area (Å²) in [5, 5.41) is 8.43. The van der Waals surface area contributed by atoms with Crippen molar-refractivity contribution >= 4 is 70.9 Å². The second-order valence-corrected chi connectivity index (χ2v) is 33.2. The van der Waals surface area contributed by atoms with Gasteiger partial charge in [-0.1, -0.05) is 78.4 Å². The van der Waals surface area contributed by atoms with E-state index in [4.69, 9.17) is 11.2 Å². The van der Waals surface area contributed by atoms with E-state index in [0.29, 0.717) is 32.1 Å². The maximum Gasteiger partial charge on any atom is 0.397 e. The summed E-state index contributed by atoms with van der Waals surface area (Å²) in [4.78, 5) is 193. The predicted molar refractivity (Wildman–Crippen MR) is 393 cm³/mol. The van der Waals surface area contributed by atoms with Gasteiger partial charge in [0.05, 0.1) is 31.5 Å². The minimum atomic E-state index is -5.23. The van der Waals surface area contributed by atoms with Gasteiger partial charge in [0.1, 0.15) is 78.7 Å². The van der Waals surface area contributed by atoms with Crippen LogP contribution in [0.25, 0.3) is 0 Å². The molecule has 2 unspecified atom stereocenters. The third-order valence-corrected chi connectivity index (χ3v) is 24.3. The van der Waals surface area contributed by atoms with Gasteiger partial charge in [0.15, 0.2) is 0 Å².